The third-order valence-electron chi connectivity index (χ3n) is 6.31. The van der Waals surface area contributed by atoms with Crippen molar-refractivity contribution >= 4 is 11.8 Å². The molecule has 0 radical (unpaired) electrons. The summed E-state index contributed by atoms with van der Waals surface area (Å²) in [5, 5.41) is 2.55. The van der Waals surface area contributed by atoms with Gasteiger partial charge in [-0.3, -0.25) is 14.9 Å². The van der Waals surface area contributed by atoms with Crippen LogP contribution in [0.4, 0.5) is 0 Å². The fourth-order valence-corrected chi connectivity index (χ4v) is 4.75. The molecule has 4 heteroatoms. The summed E-state index contributed by atoms with van der Waals surface area (Å²) in [6.45, 7) is 2.79. The Bertz CT molecular complexity index is 1110. The molecule has 0 saturated carbocycles. The number of piperidine rings is 1. The molecular formula is C28H29NO3. The Kier molecular flexibility index (Phi) is 6.81. The van der Waals surface area contributed by atoms with Gasteiger partial charge in [0, 0.05) is 26.1 Å². The van der Waals surface area contributed by atoms with Crippen molar-refractivity contribution in [3.8, 4) is 11.1 Å². The molecule has 1 saturated heterocycles. The van der Waals surface area contributed by atoms with Gasteiger partial charge in [-0.2, -0.15) is 0 Å². The van der Waals surface area contributed by atoms with Crippen molar-refractivity contribution in [1.82, 2.24) is 5.32 Å². The third-order valence-corrected chi connectivity index (χ3v) is 6.31. The lowest BCUT2D eigenvalue weighted by Gasteiger charge is -2.32. The van der Waals surface area contributed by atoms with Crippen LogP contribution in [0.25, 0.3) is 11.1 Å². The largest absolute Gasteiger partial charge is 0.385 e. The molecule has 0 aromatic heterocycles. The molecule has 0 bridgehead atoms. The zero-order valence-corrected chi connectivity index (χ0v) is 18.6. The number of aryl methyl sites for hydroxylation is 2. The Balaban J connectivity index is 1.69. The van der Waals surface area contributed by atoms with E-state index in [0.29, 0.717) is 6.42 Å². The van der Waals surface area contributed by atoms with Crippen LogP contribution in [0.1, 0.15) is 46.9 Å². The summed E-state index contributed by atoms with van der Waals surface area (Å²) < 4.78 is 5.21. The number of amides is 2. The standard InChI is InChI=1S/C28H29NO3/c1-19-17-22(24-13-7-6-11-20(24)12-8-16-32-2)14-15-23(19)27-25(18-26(30)29-28(27)31)21-9-4-3-5-10-21/h3-7,9-11,13-15,17,25,27H,8,12,16,18H2,1-2H3,(H,29,30,31)/t25-,27-/m0/s1. The first kappa shape index (κ1) is 22.0. The second kappa shape index (κ2) is 9.92. The molecule has 1 heterocycles. The maximum Gasteiger partial charge on any atom is 0.234 e. The van der Waals surface area contributed by atoms with E-state index in [1.807, 2.05) is 30.3 Å². The van der Waals surface area contributed by atoms with E-state index in [1.165, 1.54) is 11.1 Å². The van der Waals surface area contributed by atoms with Gasteiger partial charge in [0.15, 0.2) is 0 Å². The van der Waals surface area contributed by atoms with Crippen molar-refractivity contribution in [3.05, 3.63) is 95.1 Å². The molecular weight excluding hydrogens is 398 g/mol. The van der Waals surface area contributed by atoms with Gasteiger partial charge >= 0.3 is 0 Å². The summed E-state index contributed by atoms with van der Waals surface area (Å²) >= 11 is 0. The third kappa shape index (κ3) is 4.66. The van der Waals surface area contributed by atoms with Gasteiger partial charge in [-0.05, 0) is 53.1 Å². The van der Waals surface area contributed by atoms with Crippen LogP contribution >= 0.6 is 0 Å². The summed E-state index contributed by atoms with van der Waals surface area (Å²) in [5.41, 5.74) is 6.70. The highest BCUT2D eigenvalue weighted by atomic mass is 16.5. The zero-order valence-electron chi connectivity index (χ0n) is 18.6. The van der Waals surface area contributed by atoms with Gasteiger partial charge < -0.3 is 4.74 Å². The van der Waals surface area contributed by atoms with E-state index in [0.717, 1.165) is 41.7 Å². The number of imide groups is 1. The predicted octanol–water partition coefficient (Wildman–Crippen LogP) is 5.15. The minimum Gasteiger partial charge on any atom is -0.385 e. The highest BCUT2D eigenvalue weighted by Gasteiger charge is 2.38. The lowest BCUT2D eigenvalue weighted by Crippen LogP contribution is -2.43. The number of carbonyl (C=O) groups is 2. The Morgan fingerprint density at radius 1 is 0.969 bits per heavy atom. The number of hydrogen-bond donors (Lipinski definition) is 1. The first-order valence-electron chi connectivity index (χ1n) is 11.1. The molecule has 4 nitrogen and oxygen atoms in total. The van der Waals surface area contributed by atoms with Crippen molar-refractivity contribution in [1.29, 1.82) is 0 Å². The lowest BCUT2D eigenvalue weighted by atomic mass is 9.75. The van der Waals surface area contributed by atoms with Gasteiger partial charge in [-0.15, -0.1) is 0 Å². The zero-order chi connectivity index (χ0) is 22.5. The molecule has 0 aliphatic carbocycles. The van der Waals surface area contributed by atoms with E-state index in [1.54, 1.807) is 7.11 Å². The molecule has 1 N–H and O–H groups in total. The van der Waals surface area contributed by atoms with Crippen molar-refractivity contribution in [2.45, 2.75) is 38.0 Å². The predicted molar refractivity (Wildman–Crippen MR) is 127 cm³/mol. The number of hydrogen-bond acceptors (Lipinski definition) is 3. The fraction of sp³-hybridized carbons (Fsp3) is 0.286. The summed E-state index contributed by atoms with van der Waals surface area (Å²) in [6.07, 6.45) is 2.23. The van der Waals surface area contributed by atoms with Gasteiger partial charge in [0.05, 0.1) is 5.92 Å². The normalized spacial score (nSPS) is 18.4. The molecule has 4 rings (SSSR count). The topological polar surface area (TPSA) is 55.4 Å². The molecule has 0 unspecified atom stereocenters. The van der Waals surface area contributed by atoms with Gasteiger partial charge in [0.1, 0.15) is 0 Å². The summed E-state index contributed by atoms with van der Waals surface area (Å²) in [6, 6.07) is 24.6. The SMILES string of the molecule is COCCCc1ccccc1-c1ccc([C@@H]2C(=O)NC(=O)C[C@H]2c2ccccc2)c(C)c1. The number of carbonyl (C=O) groups excluding carboxylic acids is 2. The molecule has 164 valence electrons. The molecule has 32 heavy (non-hydrogen) atoms. The van der Waals surface area contributed by atoms with Crippen molar-refractivity contribution in [2.75, 3.05) is 13.7 Å². The average molecular weight is 428 g/mol. The molecule has 3 aromatic carbocycles. The molecule has 1 aliphatic heterocycles. The maximum absolute atomic E-state index is 13.0. The second-order valence-electron chi connectivity index (χ2n) is 8.44. The highest BCUT2D eigenvalue weighted by molar-refractivity contribution is 6.02. The monoisotopic (exact) mass is 427 g/mol. The van der Waals surface area contributed by atoms with Crippen LogP contribution in [0.2, 0.25) is 0 Å². The van der Waals surface area contributed by atoms with Crippen LogP contribution in [0.15, 0.2) is 72.8 Å². The minimum absolute atomic E-state index is 0.164. The van der Waals surface area contributed by atoms with Crippen LogP contribution in [0.5, 0.6) is 0 Å². The molecule has 1 fully saturated rings. The first-order chi connectivity index (χ1) is 15.6. The Labute approximate surface area is 189 Å². The highest BCUT2D eigenvalue weighted by Crippen LogP contribution is 2.40. The average Bonchev–Trinajstić information content (AvgIpc) is 2.80. The first-order valence-corrected chi connectivity index (χ1v) is 11.1. The van der Waals surface area contributed by atoms with Gasteiger partial charge in [0.25, 0.3) is 0 Å². The van der Waals surface area contributed by atoms with Crippen LogP contribution in [-0.4, -0.2) is 25.5 Å². The molecule has 1 aliphatic rings. The van der Waals surface area contributed by atoms with Crippen molar-refractivity contribution in [3.63, 3.8) is 0 Å². The van der Waals surface area contributed by atoms with Crippen LogP contribution in [0.3, 0.4) is 0 Å². The lowest BCUT2D eigenvalue weighted by molar-refractivity contribution is -0.135. The van der Waals surface area contributed by atoms with E-state index in [-0.39, 0.29) is 23.7 Å². The molecule has 2 amide bonds. The summed E-state index contributed by atoms with van der Waals surface area (Å²) in [5.74, 6) is -0.977. The summed E-state index contributed by atoms with van der Waals surface area (Å²) in [4.78, 5) is 25.1. The fourth-order valence-electron chi connectivity index (χ4n) is 4.75. The number of methoxy groups -OCH3 is 1. The number of nitrogens with one attached hydrogen (secondary N) is 1. The van der Waals surface area contributed by atoms with E-state index in [9.17, 15) is 9.59 Å². The number of rotatable bonds is 7. The Hall–Kier alpha value is -3.24. The van der Waals surface area contributed by atoms with Crippen LogP contribution < -0.4 is 5.32 Å². The molecule has 0 spiro atoms. The van der Waals surface area contributed by atoms with Crippen LogP contribution in [0, 0.1) is 6.92 Å². The maximum atomic E-state index is 13.0. The Morgan fingerprint density at radius 2 is 1.72 bits per heavy atom. The minimum atomic E-state index is -0.388. The quantitative estimate of drug-likeness (QED) is 0.419. The van der Waals surface area contributed by atoms with Gasteiger partial charge in [0.2, 0.25) is 11.8 Å². The van der Waals surface area contributed by atoms with E-state index in [4.69, 9.17) is 4.74 Å². The molecule has 2 atom stereocenters. The second-order valence-corrected chi connectivity index (χ2v) is 8.44. The van der Waals surface area contributed by atoms with Gasteiger partial charge in [-0.25, -0.2) is 0 Å². The number of benzene rings is 3. The van der Waals surface area contributed by atoms with Crippen molar-refractivity contribution < 1.29 is 14.3 Å². The smallest absolute Gasteiger partial charge is 0.234 e. The van der Waals surface area contributed by atoms with Crippen LogP contribution in [-0.2, 0) is 20.7 Å². The van der Waals surface area contributed by atoms with Gasteiger partial charge in [-0.1, -0.05) is 72.8 Å². The van der Waals surface area contributed by atoms with Crippen molar-refractivity contribution in [2.24, 2.45) is 0 Å². The van der Waals surface area contributed by atoms with E-state index in [2.05, 4.69) is 54.7 Å². The number of ether oxygens (including phenoxy) is 1. The summed E-state index contributed by atoms with van der Waals surface area (Å²) in [7, 11) is 1.73. The molecule has 3 aromatic rings. The Morgan fingerprint density at radius 3 is 2.47 bits per heavy atom. The van der Waals surface area contributed by atoms with E-state index < -0.39 is 0 Å². The van der Waals surface area contributed by atoms with E-state index >= 15 is 0 Å².